The molecule has 4 heterocycles. The lowest BCUT2D eigenvalue weighted by Crippen LogP contribution is -2.55. The first-order valence-corrected chi connectivity index (χ1v) is 15.9. The third kappa shape index (κ3) is 7.16. The van der Waals surface area contributed by atoms with E-state index in [1.807, 2.05) is 30.0 Å². The van der Waals surface area contributed by atoms with Gasteiger partial charge in [0.2, 0.25) is 5.91 Å². The number of aryl methyl sites for hydroxylation is 1. The van der Waals surface area contributed by atoms with Gasteiger partial charge in [0.05, 0.1) is 30.8 Å². The fourth-order valence-electron chi connectivity index (χ4n) is 6.80. The number of nitriles is 1. The van der Waals surface area contributed by atoms with Crippen LogP contribution >= 0.6 is 0 Å². The number of fused-ring (bicyclic) bond motifs is 1. The number of hydrogen-bond donors (Lipinski definition) is 0. The summed E-state index contributed by atoms with van der Waals surface area (Å²) in [5.74, 6) is 1.49. The van der Waals surface area contributed by atoms with Crippen LogP contribution in [0.15, 0.2) is 30.4 Å². The van der Waals surface area contributed by atoms with Crippen molar-refractivity contribution >= 4 is 17.4 Å². The summed E-state index contributed by atoms with van der Waals surface area (Å²) >= 11 is 0. The number of rotatable bonds is 9. The molecule has 2 saturated heterocycles. The largest absolute Gasteiger partial charge is 0.462 e. The lowest BCUT2D eigenvalue weighted by molar-refractivity contribution is -0.128. The molecule has 10 heteroatoms. The molecule has 2 aromatic rings. The van der Waals surface area contributed by atoms with Gasteiger partial charge in [0, 0.05) is 62.6 Å². The fourth-order valence-corrected chi connectivity index (χ4v) is 6.80. The lowest BCUT2D eigenvalue weighted by atomic mass is 10.0. The van der Waals surface area contributed by atoms with Gasteiger partial charge in [-0.3, -0.25) is 9.69 Å². The fraction of sp³-hybridized carbons (Fsp3) is 0.588. The molecule has 3 aliphatic rings. The van der Waals surface area contributed by atoms with Crippen LogP contribution in [-0.2, 0) is 17.8 Å². The molecule has 0 spiro atoms. The molecule has 0 N–H and O–H groups in total. The quantitative estimate of drug-likeness (QED) is 0.402. The minimum atomic E-state index is -0.219. The van der Waals surface area contributed by atoms with E-state index in [9.17, 15) is 10.1 Å². The maximum atomic E-state index is 13.1. The number of carbonyl (C=O) groups is 1. The minimum Gasteiger partial charge on any atom is -0.462 e. The van der Waals surface area contributed by atoms with Crippen LogP contribution in [-0.4, -0.2) is 110 Å². The number of hydrogen-bond acceptors (Lipinski definition) is 9. The number of likely N-dealkylation sites (N-methyl/N-ethyl adjacent to an activating group) is 2. The highest BCUT2D eigenvalue weighted by atomic mass is 16.5. The van der Waals surface area contributed by atoms with Crippen LogP contribution in [0.5, 0.6) is 6.01 Å². The van der Waals surface area contributed by atoms with E-state index in [4.69, 9.17) is 14.7 Å². The molecule has 0 saturated carbocycles. The van der Waals surface area contributed by atoms with E-state index < -0.39 is 0 Å². The van der Waals surface area contributed by atoms with Crippen molar-refractivity contribution in [1.29, 1.82) is 5.26 Å². The highest BCUT2D eigenvalue weighted by Crippen LogP contribution is 2.34. The molecule has 0 radical (unpaired) electrons. The number of amides is 1. The summed E-state index contributed by atoms with van der Waals surface area (Å²) in [6, 6.07) is 9.32. The molecule has 0 bridgehead atoms. The van der Waals surface area contributed by atoms with Crippen molar-refractivity contribution in [3.05, 3.63) is 52.7 Å². The summed E-state index contributed by atoms with van der Waals surface area (Å²) in [4.78, 5) is 34.0. The highest BCUT2D eigenvalue weighted by Gasteiger charge is 2.34. The Balaban J connectivity index is 1.42. The van der Waals surface area contributed by atoms with E-state index in [-0.39, 0.29) is 18.4 Å². The van der Waals surface area contributed by atoms with Crippen LogP contribution < -0.4 is 14.5 Å². The van der Waals surface area contributed by atoms with Gasteiger partial charge in [0.25, 0.3) is 0 Å². The second-order valence-corrected chi connectivity index (χ2v) is 13.0. The lowest BCUT2D eigenvalue weighted by Gasteiger charge is -2.42. The minimum absolute atomic E-state index is 0.0421. The number of aromatic nitrogens is 2. The first kappa shape index (κ1) is 31.7. The summed E-state index contributed by atoms with van der Waals surface area (Å²) < 4.78 is 6.35. The summed E-state index contributed by atoms with van der Waals surface area (Å²) in [5.41, 5.74) is 5.95. The molecule has 236 valence electrons. The predicted octanol–water partition coefficient (Wildman–Crippen LogP) is 3.42. The number of benzene rings is 1. The number of carbonyl (C=O) groups excluding carboxylic acids is 1. The molecule has 10 nitrogen and oxygen atoms in total. The van der Waals surface area contributed by atoms with Gasteiger partial charge in [-0.15, -0.1) is 0 Å². The third-order valence-corrected chi connectivity index (χ3v) is 9.36. The van der Waals surface area contributed by atoms with E-state index in [1.165, 1.54) is 16.8 Å². The smallest absolute Gasteiger partial charge is 0.318 e. The van der Waals surface area contributed by atoms with E-state index in [0.29, 0.717) is 57.3 Å². The van der Waals surface area contributed by atoms with Gasteiger partial charge < -0.3 is 24.3 Å². The maximum absolute atomic E-state index is 13.1. The number of nitrogens with zero attached hydrogens (tertiary/aromatic N) is 8. The van der Waals surface area contributed by atoms with Gasteiger partial charge in [-0.25, -0.2) is 0 Å². The van der Waals surface area contributed by atoms with E-state index in [1.54, 1.807) is 6.08 Å². The monoisotopic (exact) mass is 600 g/mol. The summed E-state index contributed by atoms with van der Waals surface area (Å²) in [6.07, 6.45) is 5.71. The van der Waals surface area contributed by atoms with Crippen molar-refractivity contribution in [2.24, 2.45) is 5.92 Å². The Labute approximate surface area is 262 Å². The predicted molar refractivity (Wildman–Crippen MR) is 174 cm³/mol. The first-order valence-electron chi connectivity index (χ1n) is 15.9. The standard InChI is InChI=1S/C34H48N8O2/c1-24-19-28(39(6)20-24)23-44-34-36-30-22-40(31-10-7-9-25(2)26(31)3)16-13-29(30)33(37-34)41-17-18-42(27(21-41)12-14-35)32(43)11-8-15-38(4)5/h7-11,24,27-28H,12-13,15-23H2,1-6H3/b11-8+/t24-,27+,28+/m1/s1. The molecule has 2 fully saturated rings. The maximum Gasteiger partial charge on any atom is 0.318 e. The Bertz CT molecular complexity index is 1400. The molecule has 0 aliphatic carbocycles. The van der Waals surface area contributed by atoms with Crippen LogP contribution in [0.4, 0.5) is 11.5 Å². The van der Waals surface area contributed by atoms with Crippen molar-refractivity contribution in [3.63, 3.8) is 0 Å². The van der Waals surface area contributed by atoms with E-state index in [0.717, 1.165) is 43.0 Å². The average molecular weight is 601 g/mol. The molecule has 3 aliphatic heterocycles. The zero-order valence-corrected chi connectivity index (χ0v) is 27.3. The molecular weight excluding hydrogens is 552 g/mol. The molecule has 44 heavy (non-hydrogen) atoms. The Morgan fingerprint density at radius 2 is 1.95 bits per heavy atom. The number of ether oxygens (including phenoxy) is 1. The zero-order chi connectivity index (χ0) is 31.4. The molecule has 1 aromatic carbocycles. The van der Waals surface area contributed by atoms with Gasteiger partial charge in [-0.05, 0) is 70.9 Å². The summed E-state index contributed by atoms with van der Waals surface area (Å²) in [6.45, 7) is 12.2. The van der Waals surface area contributed by atoms with Crippen LogP contribution in [0.25, 0.3) is 0 Å². The summed E-state index contributed by atoms with van der Waals surface area (Å²) in [5, 5.41) is 9.67. The number of piperazine rings is 1. The van der Waals surface area contributed by atoms with Gasteiger partial charge in [0.1, 0.15) is 12.4 Å². The van der Waals surface area contributed by atoms with E-state index >= 15 is 0 Å². The van der Waals surface area contributed by atoms with Crippen LogP contribution in [0.1, 0.15) is 42.1 Å². The van der Waals surface area contributed by atoms with Crippen molar-refractivity contribution in [3.8, 4) is 12.1 Å². The van der Waals surface area contributed by atoms with Gasteiger partial charge >= 0.3 is 6.01 Å². The SMILES string of the molecule is Cc1cccc(N2CCc3c(nc(OC[C@@H]4C[C@@H](C)CN4C)nc3N3CCN(C(=O)/C=C/CN(C)C)[C@@H](CC#N)C3)C2)c1C. The van der Waals surface area contributed by atoms with Crippen molar-refractivity contribution in [2.45, 2.75) is 58.7 Å². The number of anilines is 2. The molecule has 1 aromatic heterocycles. The Morgan fingerprint density at radius 1 is 1.14 bits per heavy atom. The Hall–Kier alpha value is -3.68. The van der Waals surface area contributed by atoms with Gasteiger partial charge in [0.15, 0.2) is 0 Å². The van der Waals surface area contributed by atoms with Gasteiger partial charge in [-0.2, -0.15) is 15.2 Å². The summed E-state index contributed by atoms with van der Waals surface area (Å²) in [7, 11) is 6.10. The molecule has 1 amide bonds. The first-order chi connectivity index (χ1) is 21.1. The van der Waals surface area contributed by atoms with Crippen molar-refractivity contribution in [2.75, 3.05) is 76.8 Å². The third-order valence-electron chi connectivity index (χ3n) is 9.36. The highest BCUT2D eigenvalue weighted by molar-refractivity contribution is 5.88. The molecule has 5 rings (SSSR count). The Kier molecular flexibility index (Phi) is 10.1. The molecular formula is C34H48N8O2. The topological polar surface area (TPSA) is 92.1 Å². The Morgan fingerprint density at radius 3 is 2.68 bits per heavy atom. The van der Waals surface area contributed by atoms with Gasteiger partial charge in [-0.1, -0.05) is 25.1 Å². The van der Waals surface area contributed by atoms with Crippen LogP contribution in [0.3, 0.4) is 0 Å². The van der Waals surface area contributed by atoms with Crippen molar-refractivity contribution < 1.29 is 9.53 Å². The van der Waals surface area contributed by atoms with Crippen LogP contribution in [0, 0.1) is 31.1 Å². The van der Waals surface area contributed by atoms with Crippen molar-refractivity contribution in [1.82, 2.24) is 24.7 Å². The molecule has 0 unspecified atom stereocenters. The van der Waals surface area contributed by atoms with Crippen LogP contribution in [0.2, 0.25) is 0 Å². The number of likely N-dealkylation sites (tertiary alicyclic amines) is 1. The normalized spacial score (nSPS) is 22.5. The molecule has 3 atom stereocenters. The zero-order valence-electron chi connectivity index (χ0n) is 27.3. The second kappa shape index (κ2) is 14.0. The second-order valence-electron chi connectivity index (χ2n) is 13.0. The average Bonchev–Trinajstić information content (AvgIpc) is 3.32. The van der Waals surface area contributed by atoms with E-state index in [2.05, 4.69) is 66.8 Å².